The van der Waals surface area contributed by atoms with E-state index in [2.05, 4.69) is 35.8 Å². The van der Waals surface area contributed by atoms with E-state index in [1.807, 2.05) is 6.92 Å². The van der Waals surface area contributed by atoms with E-state index in [4.69, 9.17) is 0 Å². The number of benzene rings is 2. The zero-order valence-electron chi connectivity index (χ0n) is 16.4. The largest absolute Gasteiger partial charge is 0.344 e. The lowest BCUT2D eigenvalue weighted by atomic mass is 9.95. The zero-order chi connectivity index (χ0) is 18.8. The van der Waals surface area contributed by atoms with Crippen molar-refractivity contribution in [2.24, 2.45) is 0 Å². The lowest BCUT2D eigenvalue weighted by Gasteiger charge is -2.16. The molecule has 0 amide bonds. The van der Waals surface area contributed by atoms with E-state index in [9.17, 15) is 4.39 Å². The molecular formula is C24H28FNS. The molecule has 1 aromatic heterocycles. The van der Waals surface area contributed by atoms with Gasteiger partial charge in [-0.15, -0.1) is 11.8 Å². The van der Waals surface area contributed by atoms with Gasteiger partial charge in [0.15, 0.2) is 0 Å². The summed E-state index contributed by atoms with van der Waals surface area (Å²) < 4.78 is 16.1. The van der Waals surface area contributed by atoms with Gasteiger partial charge in [-0.2, -0.15) is 0 Å². The average molecular weight is 382 g/mol. The Labute approximate surface area is 166 Å². The number of rotatable bonds is 6. The van der Waals surface area contributed by atoms with Crippen LogP contribution in [0.4, 0.5) is 4.39 Å². The van der Waals surface area contributed by atoms with Gasteiger partial charge in [0, 0.05) is 28.0 Å². The van der Waals surface area contributed by atoms with Crippen LogP contribution in [0.25, 0.3) is 10.9 Å². The highest BCUT2D eigenvalue weighted by atomic mass is 32.2. The lowest BCUT2D eigenvalue weighted by molar-refractivity contribution is 0.608. The van der Waals surface area contributed by atoms with Crippen LogP contribution in [-0.2, 0) is 25.8 Å². The van der Waals surface area contributed by atoms with Crippen LogP contribution in [0.1, 0.15) is 48.6 Å². The number of nitrogens with zero attached hydrogens (tertiary/aromatic N) is 1. The molecule has 3 aromatic rings. The van der Waals surface area contributed by atoms with Gasteiger partial charge in [0.1, 0.15) is 5.82 Å². The first-order chi connectivity index (χ1) is 13.2. The third-order valence-corrected chi connectivity index (χ3v) is 6.72. The third kappa shape index (κ3) is 3.94. The van der Waals surface area contributed by atoms with E-state index in [1.165, 1.54) is 42.1 Å². The second-order valence-electron chi connectivity index (χ2n) is 7.66. The molecule has 0 unspecified atom stereocenters. The van der Waals surface area contributed by atoms with Crippen molar-refractivity contribution in [1.82, 2.24) is 4.57 Å². The van der Waals surface area contributed by atoms with Gasteiger partial charge in [-0.3, -0.25) is 0 Å². The molecular weight excluding hydrogens is 353 g/mol. The Balaban J connectivity index is 1.51. The van der Waals surface area contributed by atoms with Crippen molar-refractivity contribution in [3.8, 4) is 0 Å². The summed E-state index contributed by atoms with van der Waals surface area (Å²) in [6, 6.07) is 12.3. The Kier molecular flexibility index (Phi) is 5.58. The highest BCUT2D eigenvalue weighted by Crippen LogP contribution is 2.33. The first-order valence-corrected chi connectivity index (χ1v) is 11.2. The predicted molar refractivity (Wildman–Crippen MR) is 114 cm³/mol. The molecule has 2 aromatic carbocycles. The van der Waals surface area contributed by atoms with E-state index in [-0.39, 0.29) is 5.82 Å². The topological polar surface area (TPSA) is 4.93 Å². The molecule has 3 heteroatoms. The Morgan fingerprint density at radius 2 is 1.93 bits per heavy atom. The van der Waals surface area contributed by atoms with Gasteiger partial charge in [-0.1, -0.05) is 13.0 Å². The monoisotopic (exact) mass is 381 g/mol. The minimum absolute atomic E-state index is 0.130. The number of fused-ring (bicyclic) bond motifs is 3. The number of aromatic nitrogens is 1. The summed E-state index contributed by atoms with van der Waals surface area (Å²) in [5.41, 5.74) is 7.00. The molecule has 1 nitrogen and oxygen atoms in total. The standard InChI is InChI=1S/C24H28FNS/c1-3-18-9-10-24-22(15-18)21-7-4-5-8-23(21)26(24)11-6-12-27-20-14-17(2)13-19(25)16-20/h9-10,13-16H,3-8,11-12H2,1-2H3. The third-order valence-electron chi connectivity index (χ3n) is 5.66. The van der Waals surface area contributed by atoms with Crippen molar-refractivity contribution in [1.29, 1.82) is 0 Å². The van der Waals surface area contributed by atoms with E-state index in [0.717, 1.165) is 35.6 Å². The molecule has 0 saturated carbocycles. The first-order valence-electron chi connectivity index (χ1n) is 10.2. The summed E-state index contributed by atoms with van der Waals surface area (Å²) >= 11 is 1.77. The van der Waals surface area contributed by atoms with Crippen LogP contribution in [0.2, 0.25) is 0 Å². The first kappa shape index (κ1) is 18.6. The van der Waals surface area contributed by atoms with Crippen LogP contribution in [0.5, 0.6) is 0 Å². The highest BCUT2D eigenvalue weighted by Gasteiger charge is 2.19. The maximum absolute atomic E-state index is 13.6. The molecule has 0 N–H and O–H groups in total. The predicted octanol–water partition coefficient (Wildman–Crippen LogP) is 6.71. The second kappa shape index (κ2) is 8.10. The fourth-order valence-corrected chi connectivity index (χ4v) is 5.33. The van der Waals surface area contributed by atoms with Crippen LogP contribution >= 0.6 is 11.8 Å². The van der Waals surface area contributed by atoms with Crippen molar-refractivity contribution >= 4 is 22.7 Å². The van der Waals surface area contributed by atoms with Crippen molar-refractivity contribution in [2.75, 3.05) is 5.75 Å². The minimum Gasteiger partial charge on any atom is -0.344 e. The molecule has 0 fully saturated rings. The Bertz CT molecular complexity index is 936. The summed E-state index contributed by atoms with van der Waals surface area (Å²) in [4.78, 5) is 1.04. The van der Waals surface area contributed by atoms with Crippen LogP contribution in [-0.4, -0.2) is 10.3 Å². The van der Waals surface area contributed by atoms with Crippen LogP contribution in [0.3, 0.4) is 0 Å². The Hall–Kier alpha value is -1.74. The molecule has 0 aliphatic heterocycles. The van der Waals surface area contributed by atoms with Crippen LogP contribution in [0, 0.1) is 12.7 Å². The Morgan fingerprint density at radius 1 is 1.07 bits per heavy atom. The maximum Gasteiger partial charge on any atom is 0.124 e. The van der Waals surface area contributed by atoms with Gasteiger partial charge in [-0.25, -0.2) is 4.39 Å². The second-order valence-corrected chi connectivity index (χ2v) is 8.82. The van der Waals surface area contributed by atoms with E-state index in [0.29, 0.717) is 0 Å². The molecule has 1 aliphatic carbocycles. The van der Waals surface area contributed by atoms with E-state index < -0.39 is 0 Å². The summed E-state index contributed by atoms with van der Waals surface area (Å²) in [6.45, 7) is 5.24. The lowest BCUT2D eigenvalue weighted by Crippen LogP contribution is -2.09. The van der Waals surface area contributed by atoms with Crippen molar-refractivity contribution < 1.29 is 4.39 Å². The quantitative estimate of drug-likeness (QED) is 0.339. The Morgan fingerprint density at radius 3 is 2.74 bits per heavy atom. The molecule has 27 heavy (non-hydrogen) atoms. The number of thioether (sulfide) groups is 1. The number of hydrogen-bond acceptors (Lipinski definition) is 1. The summed E-state index contributed by atoms with van der Waals surface area (Å²) in [6.07, 6.45) is 7.26. The highest BCUT2D eigenvalue weighted by molar-refractivity contribution is 7.99. The van der Waals surface area contributed by atoms with Crippen molar-refractivity contribution in [2.45, 2.75) is 63.8 Å². The summed E-state index contributed by atoms with van der Waals surface area (Å²) in [5.74, 6) is 0.888. The molecule has 1 heterocycles. The number of hydrogen-bond donors (Lipinski definition) is 0. The molecule has 1 aliphatic rings. The number of halogens is 1. The molecule has 0 atom stereocenters. The van der Waals surface area contributed by atoms with Crippen LogP contribution in [0.15, 0.2) is 41.3 Å². The molecule has 142 valence electrons. The van der Waals surface area contributed by atoms with Crippen molar-refractivity contribution in [3.05, 3.63) is 64.6 Å². The van der Waals surface area contributed by atoms with Gasteiger partial charge in [0.25, 0.3) is 0 Å². The molecule has 4 rings (SSSR count). The molecule has 0 spiro atoms. The normalized spacial score (nSPS) is 13.9. The smallest absolute Gasteiger partial charge is 0.124 e. The van der Waals surface area contributed by atoms with Crippen molar-refractivity contribution in [3.63, 3.8) is 0 Å². The number of aryl methyl sites for hydroxylation is 4. The SMILES string of the molecule is CCc1ccc2c(c1)c1c(n2CCCSc2cc(C)cc(F)c2)CCCC1. The molecule has 0 bridgehead atoms. The molecule has 0 radical (unpaired) electrons. The molecule has 0 saturated heterocycles. The van der Waals surface area contributed by atoms with Gasteiger partial charge >= 0.3 is 0 Å². The van der Waals surface area contributed by atoms with Crippen LogP contribution < -0.4 is 0 Å². The average Bonchev–Trinajstić information content (AvgIpc) is 2.98. The maximum atomic E-state index is 13.6. The zero-order valence-corrected chi connectivity index (χ0v) is 17.2. The summed E-state index contributed by atoms with van der Waals surface area (Å²) in [5, 5.41) is 1.48. The van der Waals surface area contributed by atoms with Gasteiger partial charge in [0.2, 0.25) is 0 Å². The van der Waals surface area contributed by atoms with Gasteiger partial charge in [-0.05, 0) is 98.2 Å². The van der Waals surface area contributed by atoms with Gasteiger partial charge in [0.05, 0.1) is 0 Å². The van der Waals surface area contributed by atoms with E-state index in [1.54, 1.807) is 35.2 Å². The van der Waals surface area contributed by atoms with Gasteiger partial charge < -0.3 is 4.57 Å². The fraction of sp³-hybridized carbons (Fsp3) is 0.417. The summed E-state index contributed by atoms with van der Waals surface area (Å²) in [7, 11) is 0. The van der Waals surface area contributed by atoms with E-state index >= 15 is 0 Å². The minimum atomic E-state index is -0.130. The fourth-order valence-electron chi connectivity index (χ4n) is 4.36.